The van der Waals surface area contributed by atoms with Gasteiger partial charge in [-0.25, -0.2) is 9.78 Å². The topological polar surface area (TPSA) is 175 Å². The number of alkyl carbamates (subject to hydrolysis) is 1. The predicted octanol–water partition coefficient (Wildman–Crippen LogP) is 5.04. The molecule has 0 spiro atoms. The Morgan fingerprint density at radius 2 is 1.55 bits per heavy atom. The van der Waals surface area contributed by atoms with Crippen molar-refractivity contribution in [1.29, 1.82) is 0 Å². The van der Waals surface area contributed by atoms with Crippen molar-refractivity contribution >= 4 is 35.4 Å². The van der Waals surface area contributed by atoms with Gasteiger partial charge in [-0.1, -0.05) is 92.2 Å². The van der Waals surface area contributed by atoms with Crippen molar-refractivity contribution in [2.24, 2.45) is 11.8 Å². The van der Waals surface area contributed by atoms with Crippen molar-refractivity contribution in [3.05, 3.63) is 89.0 Å². The van der Waals surface area contributed by atoms with Gasteiger partial charge < -0.3 is 36.1 Å². The molecule has 1 aliphatic rings. The molecular formula is C40H55ClN6O6. The van der Waals surface area contributed by atoms with Gasteiger partial charge in [0.25, 0.3) is 0 Å². The van der Waals surface area contributed by atoms with Crippen LogP contribution in [0.2, 0.25) is 5.02 Å². The Morgan fingerprint density at radius 3 is 2.19 bits per heavy atom. The summed E-state index contributed by atoms with van der Waals surface area (Å²) in [5, 5.41) is 23.7. The lowest BCUT2D eigenvalue weighted by Crippen LogP contribution is -2.58. The number of nitrogens with zero attached hydrogens (tertiary/aromatic N) is 1. The number of nitrogens with one attached hydrogen (secondary N) is 5. The monoisotopic (exact) mass is 750 g/mol. The van der Waals surface area contributed by atoms with Crippen molar-refractivity contribution in [2.75, 3.05) is 7.05 Å². The van der Waals surface area contributed by atoms with Crippen LogP contribution in [0.25, 0.3) is 0 Å². The standard InChI is InChI=1S/C40H55ClN6O6/c1-40(2,3)53-39(52)47-33(20-27-15-9-6-10-16-27)37(50)46-34(23-30-24-43-25-44-30)38(51)45-32(19-26-13-7-5-8-14-26)35(48)22-29(36(49)42-4)21-28-17-11-12-18-31(28)41/h6,9-12,15-18,24-26,29,32-35,48H,5,7-8,13-14,19-23H2,1-4H3,(H,42,49)(H,43,44)(H,45,51)(H,46,50)(H,47,52)/t29?,32-,33-,34-,35?/m0/s1. The van der Waals surface area contributed by atoms with E-state index in [1.54, 1.807) is 40.1 Å². The number of aliphatic hydroxyl groups excluding tert-OH is 1. The van der Waals surface area contributed by atoms with Crippen LogP contribution in [-0.4, -0.2) is 75.8 Å². The van der Waals surface area contributed by atoms with Crippen LogP contribution in [0.3, 0.4) is 0 Å². The molecule has 1 heterocycles. The zero-order valence-electron chi connectivity index (χ0n) is 31.2. The highest BCUT2D eigenvalue weighted by Crippen LogP contribution is 2.30. The Balaban J connectivity index is 1.58. The Hall–Kier alpha value is -4.42. The van der Waals surface area contributed by atoms with Gasteiger partial charge in [-0.05, 0) is 63.1 Å². The number of carbonyl (C=O) groups excluding carboxylic acids is 4. The maximum absolute atomic E-state index is 14.3. The predicted molar refractivity (Wildman–Crippen MR) is 204 cm³/mol. The van der Waals surface area contributed by atoms with Crippen molar-refractivity contribution < 1.29 is 29.0 Å². The fraction of sp³-hybridized carbons (Fsp3) is 0.525. The first-order chi connectivity index (χ1) is 25.3. The summed E-state index contributed by atoms with van der Waals surface area (Å²) in [5.41, 5.74) is 1.40. The average molecular weight is 751 g/mol. The largest absolute Gasteiger partial charge is 0.444 e. The minimum absolute atomic E-state index is 0.0711. The smallest absolute Gasteiger partial charge is 0.408 e. The molecule has 6 N–H and O–H groups in total. The van der Waals surface area contributed by atoms with E-state index in [1.807, 2.05) is 48.5 Å². The summed E-state index contributed by atoms with van der Waals surface area (Å²) in [4.78, 5) is 61.3. The molecule has 13 heteroatoms. The molecule has 0 aliphatic heterocycles. The number of carbonyl (C=O) groups is 4. The van der Waals surface area contributed by atoms with E-state index in [0.29, 0.717) is 23.6 Å². The lowest BCUT2D eigenvalue weighted by atomic mass is 9.81. The average Bonchev–Trinajstić information content (AvgIpc) is 3.64. The number of hydrogen-bond acceptors (Lipinski definition) is 7. The SMILES string of the molecule is CNC(=O)C(Cc1ccccc1Cl)CC(O)[C@H](CC1CCCCC1)NC(=O)[C@H](Cc1cnc[nH]1)NC(=O)[C@H](Cc1ccccc1)NC(=O)OC(C)(C)C. The molecule has 2 unspecified atom stereocenters. The van der Waals surface area contributed by atoms with Crippen molar-refractivity contribution in [3.8, 4) is 0 Å². The molecular weight excluding hydrogens is 696 g/mol. The molecule has 1 aliphatic carbocycles. The molecule has 1 fully saturated rings. The van der Waals surface area contributed by atoms with E-state index in [4.69, 9.17) is 16.3 Å². The highest BCUT2D eigenvalue weighted by molar-refractivity contribution is 6.31. The minimum atomic E-state index is -1.10. The summed E-state index contributed by atoms with van der Waals surface area (Å²) in [7, 11) is 1.56. The van der Waals surface area contributed by atoms with Crippen LogP contribution in [0.15, 0.2) is 67.1 Å². The summed E-state index contributed by atoms with van der Waals surface area (Å²) in [6, 6.07) is 13.7. The normalized spacial score (nSPS) is 16.3. The number of hydrogen-bond donors (Lipinski definition) is 6. The third kappa shape index (κ3) is 13.8. The molecule has 53 heavy (non-hydrogen) atoms. The van der Waals surface area contributed by atoms with Gasteiger partial charge in [0.15, 0.2) is 0 Å². The molecule has 2 aromatic carbocycles. The van der Waals surface area contributed by atoms with E-state index in [9.17, 15) is 24.3 Å². The van der Waals surface area contributed by atoms with E-state index in [-0.39, 0.29) is 31.1 Å². The van der Waals surface area contributed by atoms with Gasteiger partial charge in [-0.2, -0.15) is 0 Å². The fourth-order valence-electron chi connectivity index (χ4n) is 6.86. The second kappa shape index (κ2) is 20.1. The molecule has 12 nitrogen and oxygen atoms in total. The second-order valence-corrected chi connectivity index (χ2v) is 15.4. The molecule has 1 saturated carbocycles. The Morgan fingerprint density at radius 1 is 0.887 bits per heavy atom. The number of amides is 4. The number of benzene rings is 2. The third-order valence-corrected chi connectivity index (χ3v) is 9.94. The fourth-order valence-corrected chi connectivity index (χ4v) is 7.07. The summed E-state index contributed by atoms with van der Waals surface area (Å²) in [5.74, 6) is -1.66. The maximum atomic E-state index is 14.3. The van der Waals surface area contributed by atoms with Gasteiger partial charge >= 0.3 is 6.09 Å². The highest BCUT2D eigenvalue weighted by atomic mass is 35.5. The molecule has 4 amide bonds. The van der Waals surface area contributed by atoms with Crippen LogP contribution >= 0.6 is 11.6 Å². The van der Waals surface area contributed by atoms with Crippen LogP contribution in [-0.2, 0) is 38.4 Å². The molecule has 0 saturated heterocycles. The molecule has 0 bridgehead atoms. The first-order valence-corrected chi connectivity index (χ1v) is 18.9. The van der Waals surface area contributed by atoms with E-state index < -0.39 is 53.7 Å². The van der Waals surface area contributed by atoms with Crippen molar-refractivity contribution in [2.45, 2.75) is 115 Å². The number of aliphatic hydroxyl groups is 1. The summed E-state index contributed by atoms with van der Waals surface area (Å²) in [6.07, 6.45) is 7.59. The summed E-state index contributed by atoms with van der Waals surface area (Å²) in [6.45, 7) is 5.19. The first-order valence-electron chi connectivity index (χ1n) is 18.6. The maximum Gasteiger partial charge on any atom is 0.408 e. The molecule has 0 radical (unpaired) electrons. The van der Waals surface area contributed by atoms with Gasteiger partial charge in [-0.15, -0.1) is 0 Å². The Labute approximate surface area is 317 Å². The third-order valence-electron chi connectivity index (χ3n) is 9.57. The van der Waals surface area contributed by atoms with Gasteiger partial charge in [0.1, 0.15) is 17.7 Å². The van der Waals surface area contributed by atoms with Crippen molar-refractivity contribution in [3.63, 3.8) is 0 Å². The molecule has 5 atom stereocenters. The Bertz CT molecular complexity index is 1610. The lowest BCUT2D eigenvalue weighted by molar-refractivity contribution is -0.131. The van der Waals surface area contributed by atoms with E-state index >= 15 is 0 Å². The first kappa shape index (κ1) is 41.3. The van der Waals surface area contributed by atoms with Gasteiger partial charge in [0, 0.05) is 42.7 Å². The van der Waals surface area contributed by atoms with E-state index in [0.717, 1.165) is 43.2 Å². The Kier molecular flexibility index (Phi) is 15.7. The van der Waals surface area contributed by atoms with Crippen LogP contribution in [0.4, 0.5) is 4.79 Å². The number of halogens is 1. The van der Waals surface area contributed by atoms with Crippen LogP contribution < -0.4 is 21.3 Å². The zero-order valence-corrected chi connectivity index (χ0v) is 32.0. The molecule has 288 valence electrons. The van der Waals surface area contributed by atoms with Crippen molar-refractivity contribution in [1.82, 2.24) is 31.2 Å². The lowest BCUT2D eigenvalue weighted by Gasteiger charge is -2.33. The number of aromatic nitrogens is 2. The van der Waals surface area contributed by atoms with Gasteiger partial charge in [0.05, 0.1) is 18.5 Å². The minimum Gasteiger partial charge on any atom is -0.444 e. The van der Waals surface area contributed by atoms with Gasteiger partial charge in [0.2, 0.25) is 17.7 Å². The second-order valence-electron chi connectivity index (χ2n) is 15.0. The molecule has 4 rings (SSSR count). The molecule has 3 aromatic rings. The number of aromatic amines is 1. The molecule has 1 aromatic heterocycles. The number of ether oxygens (including phenoxy) is 1. The number of rotatable bonds is 17. The van der Waals surface area contributed by atoms with Gasteiger partial charge in [-0.3, -0.25) is 14.4 Å². The summed E-state index contributed by atoms with van der Waals surface area (Å²) < 4.78 is 5.46. The van der Waals surface area contributed by atoms with Crippen LogP contribution in [0.1, 0.15) is 82.5 Å². The highest BCUT2D eigenvalue weighted by Gasteiger charge is 2.34. The summed E-state index contributed by atoms with van der Waals surface area (Å²) >= 11 is 6.45. The van der Waals surface area contributed by atoms with Crippen LogP contribution in [0.5, 0.6) is 0 Å². The zero-order chi connectivity index (χ0) is 38.4. The van der Waals surface area contributed by atoms with E-state index in [1.165, 1.54) is 6.33 Å². The quantitative estimate of drug-likeness (QED) is 0.112. The van der Waals surface area contributed by atoms with Crippen LogP contribution in [0, 0.1) is 11.8 Å². The number of imidazole rings is 1. The number of H-pyrrole nitrogens is 1. The van der Waals surface area contributed by atoms with E-state index in [2.05, 4.69) is 31.2 Å².